The molecular weight excluding hydrogens is 294 g/mol. The second-order valence-electron chi connectivity index (χ2n) is 3.80. The Morgan fingerprint density at radius 3 is 2.71 bits per heavy atom. The molecule has 3 rings (SSSR count). The first-order chi connectivity index (χ1) is 8.34. The quantitative estimate of drug-likeness (QED) is 0.759. The molecule has 0 fully saturated rings. The minimum Gasteiger partial charge on any atom is -0.260 e. The summed E-state index contributed by atoms with van der Waals surface area (Å²) in [5.74, 6) is 0. The summed E-state index contributed by atoms with van der Waals surface area (Å²) in [5.41, 5.74) is 2.37. The lowest BCUT2D eigenvalue weighted by Crippen LogP contribution is -1.99. The number of aromatic nitrogens is 1. The predicted octanol–water partition coefficient (Wildman–Crippen LogP) is 4.66. The summed E-state index contributed by atoms with van der Waals surface area (Å²) in [4.78, 5) is 5.73. The molecule has 1 unspecified atom stereocenters. The summed E-state index contributed by atoms with van der Waals surface area (Å²) < 4.78 is 1.16. The number of thioether (sulfide) groups is 1. The van der Waals surface area contributed by atoms with Crippen LogP contribution in [0.5, 0.6) is 0 Å². The van der Waals surface area contributed by atoms with Crippen LogP contribution in [0.1, 0.15) is 16.5 Å². The van der Waals surface area contributed by atoms with Gasteiger partial charge in [0.1, 0.15) is 0 Å². The summed E-state index contributed by atoms with van der Waals surface area (Å²) in [5, 5.41) is 0.292. The molecule has 2 aromatic rings. The van der Waals surface area contributed by atoms with Crippen LogP contribution in [0.2, 0.25) is 0 Å². The van der Waals surface area contributed by atoms with E-state index in [0.717, 1.165) is 10.2 Å². The third kappa shape index (κ3) is 2.17. The summed E-state index contributed by atoms with van der Waals surface area (Å²) in [6, 6.07) is 14.5. The highest BCUT2D eigenvalue weighted by atomic mass is 79.9. The van der Waals surface area contributed by atoms with Crippen LogP contribution >= 0.6 is 27.7 Å². The second kappa shape index (κ2) is 4.67. The van der Waals surface area contributed by atoms with Crippen molar-refractivity contribution in [2.45, 2.75) is 10.1 Å². The fraction of sp³-hybridized carbons (Fsp3) is 0.0714. The molecule has 0 bridgehead atoms. The van der Waals surface area contributed by atoms with Gasteiger partial charge in [0.2, 0.25) is 0 Å². The molecule has 2 heterocycles. The molecule has 1 aliphatic heterocycles. The number of halogens is 1. The minimum absolute atomic E-state index is 0.292. The first kappa shape index (κ1) is 11.1. The summed E-state index contributed by atoms with van der Waals surface area (Å²) in [6.45, 7) is 0. The van der Waals surface area contributed by atoms with Crippen molar-refractivity contribution in [1.82, 2.24) is 4.98 Å². The first-order valence-electron chi connectivity index (χ1n) is 5.39. The van der Waals surface area contributed by atoms with Gasteiger partial charge in [-0.1, -0.05) is 46.3 Å². The van der Waals surface area contributed by atoms with E-state index in [4.69, 9.17) is 0 Å². The summed E-state index contributed by atoms with van der Waals surface area (Å²) >= 11 is 5.49. The van der Waals surface area contributed by atoms with Gasteiger partial charge in [0.05, 0.1) is 10.9 Å². The van der Waals surface area contributed by atoms with Crippen LogP contribution in [0.15, 0.2) is 59.6 Å². The molecule has 1 aromatic carbocycles. The highest BCUT2D eigenvalue weighted by molar-refractivity contribution is 9.15. The van der Waals surface area contributed by atoms with Crippen molar-refractivity contribution in [3.05, 3.63) is 66.0 Å². The molecule has 0 amide bonds. The maximum atomic E-state index is 4.42. The largest absolute Gasteiger partial charge is 0.260 e. The van der Waals surface area contributed by atoms with E-state index in [-0.39, 0.29) is 0 Å². The lowest BCUT2D eigenvalue weighted by molar-refractivity contribution is 1.08. The molecule has 0 spiro atoms. The zero-order chi connectivity index (χ0) is 11.7. The van der Waals surface area contributed by atoms with Gasteiger partial charge in [-0.15, -0.1) is 11.8 Å². The number of benzene rings is 1. The van der Waals surface area contributed by atoms with E-state index in [2.05, 4.69) is 57.3 Å². The van der Waals surface area contributed by atoms with Gasteiger partial charge in [0.15, 0.2) is 0 Å². The number of hydrogen-bond donors (Lipinski definition) is 0. The first-order valence-corrected chi connectivity index (χ1v) is 7.06. The zero-order valence-electron chi connectivity index (χ0n) is 9.01. The van der Waals surface area contributed by atoms with Crippen LogP contribution < -0.4 is 0 Å². The molecule has 84 valence electrons. The maximum absolute atomic E-state index is 4.42. The van der Waals surface area contributed by atoms with Crippen LogP contribution in [0.25, 0.3) is 4.48 Å². The van der Waals surface area contributed by atoms with Gasteiger partial charge < -0.3 is 0 Å². The van der Waals surface area contributed by atoms with Gasteiger partial charge in [-0.2, -0.15) is 0 Å². The Labute approximate surface area is 113 Å². The average molecular weight is 304 g/mol. The van der Waals surface area contributed by atoms with Crippen LogP contribution in [-0.4, -0.2) is 4.98 Å². The molecule has 17 heavy (non-hydrogen) atoms. The molecule has 0 saturated carbocycles. The normalized spacial score (nSPS) is 18.4. The molecule has 0 saturated heterocycles. The molecule has 0 N–H and O–H groups in total. The minimum atomic E-state index is 0.292. The Kier molecular flexibility index (Phi) is 3.04. The van der Waals surface area contributed by atoms with Gasteiger partial charge in [0, 0.05) is 21.1 Å². The van der Waals surface area contributed by atoms with Crippen molar-refractivity contribution in [1.29, 1.82) is 0 Å². The van der Waals surface area contributed by atoms with Gasteiger partial charge in [-0.25, -0.2) is 0 Å². The molecule has 1 aliphatic rings. The fourth-order valence-electron chi connectivity index (χ4n) is 1.85. The third-order valence-corrected chi connectivity index (χ3v) is 4.61. The van der Waals surface area contributed by atoms with Gasteiger partial charge in [-0.3, -0.25) is 4.98 Å². The highest BCUT2D eigenvalue weighted by Crippen LogP contribution is 2.46. The van der Waals surface area contributed by atoms with Crippen molar-refractivity contribution in [2.24, 2.45) is 0 Å². The van der Waals surface area contributed by atoms with Crippen LogP contribution in [0.4, 0.5) is 0 Å². The van der Waals surface area contributed by atoms with Crippen molar-refractivity contribution < 1.29 is 0 Å². The number of pyridine rings is 1. The molecular formula is C14H10BrNS. The van der Waals surface area contributed by atoms with E-state index in [1.807, 2.05) is 30.1 Å². The van der Waals surface area contributed by atoms with E-state index in [9.17, 15) is 0 Å². The van der Waals surface area contributed by atoms with Crippen LogP contribution in [0, 0.1) is 0 Å². The van der Waals surface area contributed by atoms with E-state index in [1.165, 1.54) is 10.5 Å². The smallest absolute Gasteiger partial charge is 0.0711 e. The standard InChI is InChI=1S/C14H10BrNS/c15-11-9-14(12-6-3-4-8-16-12)17-13-7-2-1-5-10(11)13/h1-9,14H. The van der Waals surface area contributed by atoms with E-state index in [1.54, 1.807) is 0 Å². The van der Waals surface area contributed by atoms with Crippen LogP contribution in [-0.2, 0) is 0 Å². The van der Waals surface area contributed by atoms with E-state index >= 15 is 0 Å². The number of fused-ring (bicyclic) bond motifs is 1. The van der Waals surface area contributed by atoms with Crippen molar-refractivity contribution in [2.75, 3.05) is 0 Å². The topological polar surface area (TPSA) is 12.9 Å². The molecule has 1 aromatic heterocycles. The number of rotatable bonds is 1. The zero-order valence-corrected chi connectivity index (χ0v) is 11.4. The molecule has 1 atom stereocenters. The van der Waals surface area contributed by atoms with E-state index < -0.39 is 0 Å². The van der Waals surface area contributed by atoms with Crippen molar-refractivity contribution in [3.8, 4) is 0 Å². The van der Waals surface area contributed by atoms with Crippen molar-refractivity contribution >= 4 is 32.2 Å². The van der Waals surface area contributed by atoms with E-state index in [0.29, 0.717) is 5.25 Å². The average Bonchev–Trinajstić information content (AvgIpc) is 2.40. The van der Waals surface area contributed by atoms with Gasteiger partial charge >= 0.3 is 0 Å². The number of hydrogen-bond acceptors (Lipinski definition) is 2. The Morgan fingerprint density at radius 2 is 1.88 bits per heavy atom. The lowest BCUT2D eigenvalue weighted by Gasteiger charge is -2.20. The molecule has 0 aliphatic carbocycles. The maximum Gasteiger partial charge on any atom is 0.0711 e. The van der Waals surface area contributed by atoms with Gasteiger partial charge in [0.25, 0.3) is 0 Å². The number of nitrogens with zero attached hydrogens (tertiary/aromatic N) is 1. The second-order valence-corrected chi connectivity index (χ2v) is 5.84. The summed E-state index contributed by atoms with van der Waals surface area (Å²) in [7, 11) is 0. The molecule has 0 radical (unpaired) electrons. The van der Waals surface area contributed by atoms with Crippen LogP contribution in [0.3, 0.4) is 0 Å². The highest BCUT2D eigenvalue weighted by Gasteiger charge is 2.20. The lowest BCUT2D eigenvalue weighted by atomic mass is 10.1. The van der Waals surface area contributed by atoms with Gasteiger partial charge in [-0.05, 0) is 18.2 Å². The third-order valence-electron chi connectivity index (χ3n) is 2.68. The Hall–Kier alpha value is -1.06. The Morgan fingerprint density at radius 1 is 1.06 bits per heavy atom. The monoisotopic (exact) mass is 303 g/mol. The predicted molar refractivity (Wildman–Crippen MR) is 76.2 cm³/mol. The Bertz CT molecular complexity index is 565. The fourth-order valence-corrected chi connectivity index (χ4v) is 3.97. The summed E-state index contributed by atoms with van der Waals surface area (Å²) in [6.07, 6.45) is 4.06. The molecule has 1 nitrogen and oxygen atoms in total. The molecule has 3 heteroatoms. The SMILES string of the molecule is BrC1=CC(c2ccccn2)Sc2ccccc21. The van der Waals surface area contributed by atoms with Crippen molar-refractivity contribution in [3.63, 3.8) is 0 Å². The Balaban J connectivity index is 2.02.